The van der Waals surface area contributed by atoms with E-state index in [0.717, 1.165) is 5.56 Å². The lowest BCUT2D eigenvalue weighted by Crippen LogP contribution is -2.07. The van der Waals surface area contributed by atoms with Gasteiger partial charge in [0.1, 0.15) is 11.6 Å². The fraction of sp³-hybridized carbons (Fsp3) is 0.133. The van der Waals surface area contributed by atoms with Gasteiger partial charge in [-0.1, -0.05) is 17.7 Å². The molecule has 1 heterocycles. The smallest absolute Gasteiger partial charge is 0.200 e. The number of halogens is 3. The quantitative estimate of drug-likeness (QED) is 0.746. The maximum atomic E-state index is 13.9. The zero-order valence-electron chi connectivity index (χ0n) is 10.3. The number of ether oxygens (including phenoxy) is 1. The van der Waals surface area contributed by atoms with Crippen molar-refractivity contribution in [2.45, 2.75) is 6.42 Å². The van der Waals surface area contributed by atoms with Crippen LogP contribution < -0.4 is 4.74 Å². The number of hydrogen-bond donors (Lipinski definition) is 0. The number of carbonyl (C=O) groups is 1. The predicted molar refractivity (Wildman–Crippen MR) is 78.2 cm³/mol. The molecule has 5 heteroatoms. The molecule has 0 unspecified atom stereocenters. The van der Waals surface area contributed by atoms with Crippen LogP contribution in [0.1, 0.15) is 21.5 Å². The van der Waals surface area contributed by atoms with Crippen molar-refractivity contribution >= 4 is 33.3 Å². The molecule has 0 radical (unpaired) electrons. The van der Waals surface area contributed by atoms with Crippen molar-refractivity contribution in [1.82, 2.24) is 0 Å². The van der Waals surface area contributed by atoms with Gasteiger partial charge in [-0.2, -0.15) is 0 Å². The molecule has 102 valence electrons. The third-order valence-electron chi connectivity index (χ3n) is 3.18. The highest BCUT2D eigenvalue weighted by Gasteiger charge is 2.25. The normalized spacial score (nSPS) is 12.9. The Bertz CT molecular complexity index is 695. The standard InChI is InChI=1S/C15H9BrClFO2/c16-11-2-1-3-12(18)13(11)14(19)10-7-9(17)6-8-4-5-20-15(8)10/h1-3,6-7H,4-5H2. The summed E-state index contributed by atoms with van der Waals surface area (Å²) in [6.45, 7) is 0.508. The number of ketones is 1. The van der Waals surface area contributed by atoms with E-state index in [2.05, 4.69) is 15.9 Å². The molecule has 0 atom stereocenters. The van der Waals surface area contributed by atoms with Crippen molar-refractivity contribution in [3.63, 3.8) is 0 Å². The summed E-state index contributed by atoms with van der Waals surface area (Å²) in [5, 5.41) is 0.449. The molecule has 0 N–H and O–H groups in total. The number of rotatable bonds is 2. The van der Waals surface area contributed by atoms with Gasteiger partial charge < -0.3 is 4.74 Å². The third-order valence-corrected chi connectivity index (χ3v) is 4.06. The van der Waals surface area contributed by atoms with Crippen molar-refractivity contribution in [2.75, 3.05) is 6.61 Å². The van der Waals surface area contributed by atoms with Gasteiger partial charge in [0.2, 0.25) is 5.78 Å². The molecule has 3 rings (SSSR count). The molecule has 1 aliphatic heterocycles. The number of carbonyl (C=O) groups excluding carboxylic acids is 1. The van der Waals surface area contributed by atoms with Gasteiger partial charge in [-0.3, -0.25) is 4.79 Å². The largest absolute Gasteiger partial charge is 0.492 e. The molecule has 0 bridgehead atoms. The summed E-state index contributed by atoms with van der Waals surface area (Å²) in [4.78, 5) is 12.6. The summed E-state index contributed by atoms with van der Waals surface area (Å²) in [7, 11) is 0. The van der Waals surface area contributed by atoms with Crippen LogP contribution in [0.25, 0.3) is 0 Å². The fourth-order valence-corrected chi connectivity index (χ4v) is 3.05. The predicted octanol–water partition coefficient (Wildman–Crippen LogP) is 4.41. The lowest BCUT2D eigenvalue weighted by Gasteiger charge is -2.10. The van der Waals surface area contributed by atoms with Gasteiger partial charge in [-0.05, 0) is 45.8 Å². The Morgan fingerprint density at radius 2 is 2.15 bits per heavy atom. The summed E-state index contributed by atoms with van der Waals surface area (Å²) in [5.74, 6) is -0.499. The Balaban J connectivity index is 2.17. The third kappa shape index (κ3) is 2.23. The summed E-state index contributed by atoms with van der Waals surface area (Å²) in [6.07, 6.45) is 0.703. The second kappa shape index (κ2) is 5.19. The van der Waals surface area contributed by atoms with Crippen LogP contribution in [-0.2, 0) is 6.42 Å². The second-order valence-corrected chi connectivity index (χ2v) is 5.76. The molecule has 2 nitrogen and oxygen atoms in total. The van der Waals surface area contributed by atoms with Crippen LogP contribution in [0.3, 0.4) is 0 Å². The maximum absolute atomic E-state index is 13.9. The molecular weight excluding hydrogens is 347 g/mol. The summed E-state index contributed by atoms with van der Waals surface area (Å²) >= 11 is 9.24. The lowest BCUT2D eigenvalue weighted by atomic mass is 9.99. The molecular formula is C15H9BrClFO2. The topological polar surface area (TPSA) is 26.3 Å². The minimum absolute atomic E-state index is 0.00698. The lowest BCUT2D eigenvalue weighted by molar-refractivity contribution is 0.103. The average molecular weight is 356 g/mol. The molecule has 0 spiro atoms. The number of fused-ring (bicyclic) bond motifs is 1. The Morgan fingerprint density at radius 1 is 1.35 bits per heavy atom. The van der Waals surface area contributed by atoms with Gasteiger partial charge in [-0.25, -0.2) is 4.39 Å². The highest BCUT2D eigenvalue weighted by atomic mass is 79.9. The molecule has 1 aliphatic rings. The molecule has 0 aromatic heterocycles. The zero-order valence-corrected chi connectivity index (χ0v) is 12.6. The maximum Gasteiger partial charge on any atom is 0.200 e. The van der Waals surface area contributed by atoms with E-state index in [0.29, 0.717) is 33.8 Å². The molecule has 0 amide bonds. The molecule has 2 aromatic rings. The van der Waals surface area contributed by atoms with Gasteiger partial charge in [0.05, 0.1) is 17.7 Å². The first-order valence-corrected chi connectivity index (χ1v) is 7.19. The van der Waals surface area contributed by atoms with E-state index in [9.17, 15) is 9.18 Å². The van der Waals surface area contributed by atoms with E-state index in [-0.39, 0.29) is 5.56 Å². The van der Waals surface area contributed by atoms with E-state index in [1.807, 2.05) is 0 Å². The molecule has 0 aliphatic carbocycles. The van der Waals surface area contributed by atoms with E-state index in [4.69, 9.17) is 16.3 Å². The van der Waals surface area contributed by atoms with Crippen molar-refractivity contribution in [3.8, 4) is 5.75 Å². The Kier molecular flexibility index (Phi) is 3.52. The van der Waals surface area contributed by atoms with E-state index >= 15 is 0 Å². The Labute approximate surface area is 128 Å². The molecule has 0 fully saturated rings. The van der Waals surface area contributed by atoms with E-state index in [1.165, 1.54) is 18.2 Å². The SMILES string of the molecule is O=C(c1cc(Cl)cc2c1OCC2)c1c(F)cccc1Br. The van der Waals surface area contributed by atoms with Gasteiger partial charge in [0.15, 0.2) is 0 Å². The minimum atomic E-state index is -0.573. The Morgan fingerprint density at radius 3 is 2.90 bits per heavy atom. The molecule has 2 aromatic carbocycles. The molecule has 20 heavy (non-hydrogen) atoms. The minimum Gasteiger partial charge on any atom is -0.492 e. The van der Waals surface area contributed by atoms with Crippen LogP contribution in [0.4, 0.5) is 4.39 Å². The van der Waals surface area contributed by atoms with Crippen molar-refractivity contribution in [2.24, 2.45) is 0 Å². The first kappa shape index (κ1) is 13.6. The fourth-order valence-electron chi connectivity index (χ4n) is 2.29. The van der Waals surface area contributed by atoms with Crippen LogP contribution in [0.2, 0.25) is 5.02 Å². The molecule has 0 saturated heterocycles. The molecule has 0 saturated carbocycles. The average Bonchev–Trinajstić information content (AvgIpc) is 2.85. The zero-order chi connectivity index (χ0) is 14.3. The van der Waals surface area contributed by atoms with Crippen molar-refractivity contribution < 1.29 is 13.9 Å². The Hall–Kier alpha value is -1.39. The van der Waals surface area contributed by atoms with Crippen LogP contribution in [0.15, 0.2) is 34.8 Å². The van der Waals surface area contributed by atoms with Crippen LogP contribution in [0, 0.1) is 5.82 Å². The van der Waals surface area contributed by atoms with E-state index < -0.39 is 11.6 Å². The highest BCUT2D eigenvalue weighted by Crippen LogP contribution is 2.35. The van der Waals surface area contributed by atoms with Crippen LogP contribution >= 0.6 is 27.5 Å². The summed E-state index contributed by atoms with van der Waals surface area (Å²) in [5.41, 5.74) is 1.18. The summed E-state index contributed by atoms with van der Waals surface area (Å²) in [6, 6.07) is 7.71. The van der Waals surface area contributed by atoms with E-state index in [1.54, 1.807) is 12.1 Å². The first-order valence-electron chi connectivity index (χ1n) is 6.02. The summed E-state index contributed by atoms with van der Waals surface area (Å²) < 4.78 is 19.8. The van der Waals surface area contributed by atoms with Gasteiger partial charge in [0, 0.05) is 15.9 Å². The van der Waals surface area contributed by atoms with Crippen LogP contribution in [-0.4, -0.2) is 12.4 Å². The second-order valence-electron chi connectivity index (χ2n) is 4.47. The number of hydrogen-bond acceptors (Lipinski definition) is 2. The first-order chi connectivity index (χ1) is 9.58. The van der Waals surface area contributed by atoms with Gasteiger partial charge in [0.25, 0.3) is 0 Å². The monoisotopic (exact) mass is 354 g/mol. The van der Waals surface area contributed by atoms with Crippen molar-refractivity contribution in [1.29, 1.82) is 0 Å². The van der Waals surface area contributed by atoms with Gasteiger partial charge in [-0.15, -0.1) is 0 Å². The van der Waals surface area contributed by atoms with Crippen LogP contribution in [0.5, 0.6) is 5.75 Å². The van der Waals surface area contributed by atoms with Crippen molar-refractivity contribution in [3.05, 3.63) is 62.3 Å². The highest BCUT2D eigenvalue weighted by molar-refractivity contribution is 9.10. The number of benzene rings is 2. The van der Waals surface area contributed by atoms with Gasteiger partial charge >= 0.3 is 0 Å².